The third kappa shape index (κ3) is 5.05. The molecule has 0 fully saturated rings. The molecule has 0 aliphatic rings. The van der Waals surface area contributed by atoms with Gasteiger partial charge < -0.3 is 10.6 Å². The van der Waals surface area contributed by atoms with Gasteiger partial charge in [0.1, 0.15) is 5.82 Å². The maximum Gasteiger partial charge on any atom is 0.235 e. The van der Waals surface area contributed by atoms with E-state index in [-0.39, 0.29) is 17.7 Å². The van der Waals surface area contributed by atoms with Gasteiger partial charge in [0.05, 0.1) is 11.9 Å². The van der Waals surface area contributed by atoms with Crippen molar-refractivity contribution in [3.63, 3.8) is 0 Å². The summed E-state index contributed by atoms with van der Waals surface area (Å²) < 4.78 is 3.49. The highest BCUT2D eigenvalue weighted by Gasteiger charge is 2.12. The topological polar surface area (TPSA) is 84.7 Å². The fraction of sp³-hybridized carbons (Fsp3) is 0.250. The number of hydrogen-bond acceptors (Lipinski definition) is 7. The predicted molar refractivity (Wildman–Crippen MR) is 109 cm³/mol. The smallest absolute Gasteiger partial charge is 0.235 e. The van der Waals surface area contributed by atoms with Crippen LogP contribution in [0.4, 0.5) is 16.6 Å². The van der Waals surface area contributed by atoms with Gasteiger partial charge in [0.2, 0.25) is 11.0 Å². The zero-order chi connectivity index (χ0) is 18.5. The molecule has 0 aliphatic heterocycles. The van der Waals surface area contributed by atoms with Gasteiger partial charge in [-0.2, -0.15) is 5.10 Å². The molecule has 2 heterocycles. The first-order valence-electron chi connectivity index (χ1n) is 7.83. The van der Waals surface area contributed by atoms with E-state index in [2.05, 4.69) is 41.9 Å². The van der Waals surface area contributed by atoms with E-state index in [1.165, 1.54) is 23.1 Å². The van der Waals surface area contributed by atoms with Crippen LogP contribution in [0.1, 0.15) is 19.9 Å². The van der Waals surface area contributed by atoms with Crippen molar-refractivity contribution in [3.05, 3.63) is 41.0 Å². The SMILES string of the molecule is CC(C)n1nccc1NC(=O)CSc1nnc(Nc2cccc(Br)c2)s1. The summed E-state index contributed by atoms with van der Waals surface area (Å²) >= 11 is 6.19. The number of carbonyl (C=O) groups is 1. The van der Waals surface area contributed by atoms with Crippen LogP contribution < -0.4 is 10.6 Å². The molecule has 2 N–H and O–H groups in total. The predicted octanol–water partition coefficient (Wildman–Crippen LogP) is 4.55. The molecule has 0 radical (unpaired) electrons. The lowest BCUT2D eigenvalue weighted by atomic mass is 10.3. The Kier molecular flexibility index (Phi) is 6.28. The van der Waals surface area contributed by atoms with E-state index < -0.39 is 0 Å². The highest BCUT2D eigenvalue weighted by molar-refractivity contribution is 9.10. The molecule has 0 saturated heterocycles. The summed E-state index contributed by atoms with van der Waals surface area (Å²) in [6.07, 6.45) is 1.67. The van der Waals surface area contributed by atoms with Gasteiger partial charge in [-0.15, -0.1) is 10.2 Å². The lowest BCUT2D eigenvalue weighted by Gasteiger charge is -2.11. The minimum atomic E-state index is -0.103. The second kappa shape index (κ2) is 8.65. The van der Waals surface area contributed by atoms with Crippen LogP contribution in [-0.4, -0.2) is 31.6 Å². The summed E-state index contributed by atoms with van der Waals surface area (Å²) in [5, 5.41) is 19.2. The fourth-order valence-corrected chi connectivity index (χ4v) is 4.11. The van der Waals surface area contributed by atoms with Crippen LogP contribution in [0.25, 0.3) is 0 Å². The summed E-state index contributed by atoms with van der Waals surface area (Å²) in [6, 6.07) is 9.77. The van der Waals surface area contributed by atoms with E-state index in [1.54, 1.807) is 16.9 Å². The Labute approximate surface area is 167 Å². The number of hydrogen-bond donors (Lipinski definition) is 2. The minimum absolute atomic E-state index is 0.103. The third-order valence-corrected chi connectivity index (χ3v) is 5.70. The molecule has 26 heavy (non-hydrogen) atoms. The molecule has 0 unspecified atom stereocenters. The number of benzene rings is 1. The molecule has 7 nitrogen and oxygen atoms in total. The van der Waals surface area contributed by atoms with Crippen LogP contribution in [0.15, 0.2) is 45.3 Å². The highest BCUT2D eigenvalue weighted by atomic mass is 79.9. The van der Waals surface area contributed by atoms with E-state index in [4.69, 9.17) is 0 Å². The molecular formula is C16H17BrN6OS2. The molecule has 0 bridgehead atoms. The van der Waals surface area contributed by atoms with Crippen LogP contribution in [0.5, 0.6) is 0 Å². The van der Waals surface area contributed by atoms with Crippen molar-refractivity contribution < 1.29 is 4.79 Å². The van der Waals surface area contributed by atoms with Crippen molar-refractivity contribution in [1.82, 2.24) is 20.0 Å². The largest absolute Gasteiger partial charge is 0.330 e. The van der Waals surface area contributed by atoms with Crippen LogP contribution in [0.2, 0.25) is 0 Å². The number of rotatable bonds is 7. The number of nitrogens with one attached hydrogen (secondary N) is 2. The number of aromatic nitrogens is 4. The van der Waals surface area contributed by atoms with Crippen molar-refractivity contribution in [2.24, 2.45) is 0 Å². The van der Waals surface area contributed by atoms with Crippen LogP contribution >= 0.6 is 39.0 Å². The van der Waals surface area contributed by atoms with E-state index >= 15 is 0 Å². The summed E-state index contributed by atoms with van der Waals surface area (Å²) in [7, 11) is 0. The highest BCUT2D eigenvalue weighted by Crippen LogP contribution is 2.28. The number of halogens is 1. The molecule has 10 heteroatoms. The summed E-state index contributed by atoms with van der Waals surface area (Å²) in [5.41, 5.74) is 0.923. The van der Waals surface area contributed by atoms with E-state index in [0.29, 0.717) is 10.9 Å². The Morgan fingerprint density at radius 1 is 1.35 bits per heavy atom. The van der Waals surface area contributed by atoms with Crippen molar-refractivity contribution in [2.75, 3.05) is 16.4 Å². The van der Waals surface area contributed by atoms with Crippen LogP contribution in [0, 0.1) is 0 Å². The Bertz CT molecular complexity index is 894. The maximum atomic E-state index is 12.2. The van der Waals surface area contributed by atoms with Gasteiger partial charge in [-0.1, -0.05) is 45.1 Å². The molecule has 1 amide bonds. The molecular weight excluding hydrogens is 436 g/mol. The van der Waals surface area contributed by atoms with Gasteiger partial charge in [-0.05, 0) is 32.0 Å². The second-order valence-electron chi connectivity index (χ2n) is 5.60. The first-order chi connectivity index (χ1) is 12.5. The number of amides is 1. The Morgan fingerprint density at radius 2 is 2.19 bits per heavy atom. The zero-order valence-corrected chi connectivity index (χ0v) is 17.4. The monoisotopic (exact) mass is 452 g/mol. The molecule has 0 aliphatic carbocycles. The van der Waals surface area contributed by atoms with Gasteiger partial charge in [-0.25, -0.2) is 4.68 Å². The Balaban J connectivity index is 1.53. The third-order valence-electron chi connectivity index (χ3n) is 3.24. The average Bonchev–Trinajstić information content (AvgIpc) is 3.22. The van der Waals surface area contributed by atoms with Crippen molar-refractivity contribution in [2.45, 2.75) is 24.2 Å². The average molecular weight is 453 g/mol. The second-order valence-corrected chi connectivity index (χ2v) is 8.72. The first-order valence-corrected chi connectivity index (χ1v) is 10.4. The molecule has 3 aromatic rings. The van der Waals surface area contributed by atoms with Crippen molar-refractivity contribution >= 4 is 61.6 Å². The van der Waals surface area contributed by atoms with Crippen molar-refractivity contribution in [3.8, 4) is 0 Å². The normalized spacial score (nSPS) is 10.9. The van der Waals surface area contributed by atoms with Gasteiger partial charge >= 0.3 is 0 Å². The summed E-state index contributed by atoms with van der Waals surface area (Å²) in [5.74, 6) is 0.850. The van der Waals surface area contributed by atoms with Gasteiger partial charge in [0.25, 0.3) is 0 Å². The molecule has 0 spiro atoms. The van der Waals surface area contributed by atoms with E-state index in [1.807, 2.05) is 38.1 Å². The number of nitrogens with zero attached hydrogens (tertiary/aromatic N) is 4. The molecule has 3 rings (SSSR count). The van der Waals surface area contributed by atoms with E-state index in [9.17, 15) is 4.79 Å². The molecule has 1 aromatic carbocycles. The van der Waals surface area contributed by atoms with Gasteiger partial charge in [0, 0.05) is 22.3 Å². The number of carbonyl (C=O) groups excluding carboxylic acids is 1. The lowest BCUT2D eigenvalue weighted by molar-refractivity contribution is -0.113. The van der Waals surface area contributed by atoms with Gasteiger partial charge in [-0.3, -0.25) is 4.79 Å². The minimum Gasteiger partial charge on any atom is -0.330 e. The molecule has 0 atom stereocenters. The Morgan fingerprint density at radius 3 is 2.96 bits per heavy atom. The number of anilines is 3. The quantitative estimate of drug-likeness (QED) is 0.511. The zero-order valence-electron chi connectivity index (χ0n) is 14.1. The summed E-state index contributed by atoms with van der Waals surface area (Å²) in [6.45, 7) is 4.02. The van der Waals surface area contributed by atoms with Crippen LogP contribution in [-0.2, 0) is 4.79 Å². The van der Waals surface area contributed by atoms with Gasteiger partial charge in [0.15, 0.2) is 4.34 Å². The van der Waals surface area contributed by atoms with E-state index in [0.717, 1.165) is 14.5 Å². The van der Waals surface area contributed by atoms with Crippen molar-refractivity contribution in [1.29, 1.82) is 0 Å². The molecule has 2 aromatic heterocycles. The van der Waals surface area contributed by atoms with Crippen LogP contribution in [0.3, 0.4) is 0 Å². The fourth-order valence-electron chi connectivity index (χ4n) is 2.14. The molecule has 0 saturated carbocycles. The maximum absolute atomic E-state index is 12.2. The Hall–Kier alpha value is -1.91. The first kappa shape index (κ1) is 18.9. The summed E-state index contributed by atoms with van der Waals surface area (Å²) in [4.78, 5) is 12.2. The lowest BCUT2D eigenvalue weighted by Crippen LogP contribution is -2.18. The standard InChI is InChI=1S/C16H17BrN6OS2/c1-10(2)23-13(6-7-18-23)20-14(24)9-25-16-22-21-15(26-16)19-12-5-3-4-11(17)8-12/h3-8,10H,9H2,1-2H3,(H,19,21)(H,20,24). The number of thioether (sulfide) groups is 1. The molecule has 136 valence electrons.